The maximum Gasteiger partial charge on any atom is 0.213 e. The number of aromatic nitrogens is 3. The Hall–Kier alpha value is -1.45. The lowest BCUT2D eigenvalue weighted by atomic mass is 10.2. The molecule has 0 unspecified atom stereocenters. The number of hydrogen-bond donors (Lipinski definition) is 1. The van der Waals surface area contributed by atoms with Crippen molar-refractivity contribution < 1.29 is 0 Å². The molecule has 4 nitrogen and oxygen atoms in total. The molecule has 0 saturated heterocycles. The number of benzene rings is 1. The molecule has 0 aliphatic carbocycles. The van der Waals surface area contributed by atoms with Crippen LogP contribution < -0.4 is 0 Å². The van der Waals surface area contributed by atoms with Crippen molar-refractivity contribution >= 4 is 23.5 Å². The molecule has 1 aromatic carbocycles. The van der Waals surface area contributed by atoms with E-state index in [2.05, 4.69) is 21.3 Å². The molecule has 2 aromatic rings. The molecule has 0 radical (unpaired) electrons. The monoisotopic (exact) mass is 262 g/mol. The van der Waals surface area contributed by atoms with Gasteiger partial charge in [0.05, 0.1) is 5.56 Å². The molecule has 0 fully saturated rings. The predicted octanol–water partition coefficient (Wildman–Crippen LogP) is 2.86. The summed E-state index contributed by atoms with van der Waals surface area (Å²) in [4.78, 5) is 6.08. The highest BCUT2D eigenvalue weighted by Gasteiger charge is 2.10. The summed E-state index contributed by atoms with van der Waals surface area (Å²) in [5.41, 5.74) is 0.687. The van der Waals surface area contributed by atoms with Gasteiger partial charge in [-0.15, -0.1) is 16.9 Å². The van der Waals surface area contributed by atoms with Gasteiger partial charge < -0.3 is 0 Å². The number of rotatable bonds is 3. The van der Waals surface area contributed by atoms with Crippen LogP contribution in [0.5, 0.6) is 0 Å². The zero-order valence-corrected chi connectivity index (χ0v) is 11.0. The molecule has 1 N–H and O–H groups in total. The van der Waals surface area contributed by atoms with Gasteiger partial charge >= 0.3 is 0 Å². The zero-order chi connectivity index (χ0) is 12.3. The summed E-state index contributed by atoms with van der Waals surface area (Å²) in [6.45, 7) is 1.85. The molecular formula is C11H10N4S2. The van der Waals surface area contributed by atoms with E-state index in [4.69, 9.17) is 0 Å². The van der Waals surface area contributed by atoms with E-state index in [1.807, 2.05) is 31.4 Å². The lowest BCUT2D eigenvalue weighted by Gasteiger charge is -2.04. The number of nitrogens with zero attached hydrogens (tertiary/aromatic N) is 3. The van der Waals surface area contributed by atoms with Crippen molar-refractivity contribution in [3.8, 4) is 6.07 Å². The smallest absolute Gasteiger partial charge is 0.213 e. The standard InChI is InChI=1S/C11H10N4S2/c1-7-13-11(15-14-7)17-10-5-3-4-9(16-2)8(10)6-12/h3-5H,1-2H3,(H,13,14,15). The second kappa shape index (κ2) is 5.25. The summed E-state index contributed by atoms with van der Waals surface area (Å²) in [7, 11) is 0. The van der Waals surface area contributed by atoms with Crippen molar-refractivity contribution in [2.75, 3.05) is 6.26 Å². The first-order valence-electron chi connectivity index (χ1n) is 4.88. The van der Waals surface area contributed by atoms with E-state index in [0.717, 1.165) is 15.6 Å². The number of hydrogen-bond acceptors (Lipinski definition) is 5. The first kappa shape index (κ1) is 12.0. The average molecular weight is 262 g/mol. The van der Waals surface area contributed by atoms with Gasteiger partial charge in [-0.2, -0.15) is 5.26 Å². The number of nitrogens with one attached hydrogen (secondary N) is 1. The molecule has 0 aliphatic heterocycles. The summed E-state index contributed by atoms with van der Waals surface area (Å²) in [6, 6.07) is 8.03. The van der Waals surface area contributed by atoms with Crippen LogP contribution in [0.2, 0.25) is 0 Å². The van der Waals surface area contributed by atoms with E-state index < -0.39 is 0 Å². The van der Waals surface area contributed by atoms with Gasteiger partial charge in [0.1, 0.15) is 11.9 Å². The van der Waals surface area contributed by atoms with Crippen molar-refractivity contribution in [3.63, 3.8) is 0 Å². The third-order valence-electron chi connectivity index (χ3n) is 2.10. The van der Waals surface area contributed by atoms with Crippen LogP contribution in [0, 0.1) is 18.3 Å². The molecule has 0 saturated carbocycles. The van der Waals surface area contributed by atoms with Crippen molar-refractivity contribution in [3.05, 3.63) is 29.6 Å². The fraction of sp³-hybridized carbons (Fsp3) is 0.182. The molecule has 1 heterocycles. The summed E-state index contributed by atoms with van der Waals surface area (Å²) in [5, 5.41) is 16.7. The van der Waals surface area contributed by atoms with Crippen molar-refractivity contribution in [2.24, 2.45) is 0 Å². The normalized spacial score (nSPS) is 10.2. The van der Waals surface area contributed by atoms with Gasteiger partial charge in [-0.1, -0.05) is 6.07 Å². The molecule has 17 heavy (non-hydrogen) atoms. The summed E-state index contributed by atoms with van der Waals surface area (Å²) in [6.07, 6.45) is 1.96. The molecule has 6 heteroatoms. The number of nitriles is 1. The van der Waals surface area contributed by atoms with E-state index in [9.17, 15) is 5.26 Å². The van der Waals surface area contributed by atoms with Gasteiger partial charge in [0, 0.05) is 9.79 Å². The van der Waals surface area contributed by atoms with Gasteiger partial charge in [0.2, 0.25) is 5.16 Å². The highest BCUT2D eigenvalue weighted by Crippen LogP contribution is 2.32. The third-order valence-corrected chi connectivity index (χ3v) is 3.80. The van der Waals surface area contributed by atoms with Crippen LogP contribution in [0.4, 0.5) is 0 Å². The lowest BCUT2D eigenvalue weighted by Crippen LogP contribution is -1.86. The van der Waals surface area contributed by atoms with Crippen molar-refractivity contribution in [1.29, 1.82) is 5.26 Å². The van der Waals surface area contributed by atoms with Gasteiger partial charge in [0.15, 0.2) is 0 Å². The van der Waals surface area contributed by atoms with E-state index in [1.54, 1.807) is 11.8 Å². The number of H-pyrrole nitrogens is 1. The van der Waals surface area contributed by atoms with Gasteiger partial charge in [-0.25, -0.2) is 4.98 Å². The molecule has 2 rings (SSSR count). The van der Waals surface area contributed by atoms with Crippen molar-refractivity contribution in [1.82, 2.24) is 15.2 Å². The molecule has 0 atom stereocenters. The largest absolute Gasteiger partial charge is 0.262 e. The molecular weight excluding hydrogens is 252 g/mol. The Labute approximate surface area is 108 Å². The van der Waals surface area contributed by atoms with E-state index in [1.165, 1.54) is 11.8 Å². The lowest BCUT2D eigenvalue weighted by molar-refractivity contribution is 0.968. The second-order valence-electron chi connectivity index (χ2n) is 3.25. The molecule has 0 aliphatic rings. The van der Waals surface area contributed by atoms with Crippen LogP contribution in [0.1, 0.15) is 11.4 Å². The minimum atomic E-state index is 0.636. The van der Waals surface area contributed by atoms with Crippen molar-refractivity contribution in [2.45, 2.75) is 21.9 Å². The quantitative estimate of drug-likeness (QED) is 0.862. The highest BCUT2D eigenvalue weighted by molar-refractivity contribution is 7.99. The Kier molecular flexibility index (Phi) is 3.71. The van der Waals surface area contributed by atoms with Crippen LogP contribution >= 0.6 is 23.5 Å². The van der Waals surface area contributed by atoms with Crippen LogP contribution in [0.3, 0.4) is 0 Å². The van der Waals surface area contributed by atoms with Crippen LogP contribution in [0.15, 0.2) is 33.1 Å². The van der Waals surface area contributed by atoms with E-state index in [0.29, 0.717) is 10.7 Å². The Balaban J connectivity index is 2.36. The summed E-state index contributed by atoms with van der Waals surface area (Å²) >= 11 is 2.97. The Morgan fingerprint density at radius 1 is 1.35 bits per heavy atom. The second-order valence-corrected chi connectivity index (χ2v) is 5.11. The average Bonchev–Trinajstić information content (AvgIpc) is 2.74. The number of aromatic amines is 1. The maximum atomic E-state index is 9.19. The zero-order valence-electron chi connectivity index (χ0n) is 9.39. The third kappa shape index (κ3) is 2.62. The number of aryl methyl sites for hydroxylation is 1. The Bertz CT molecular complexity index is 571. The van der Waals surface area contributed by atoms with E-state index in [-0.39, 0.29) is 0 Å². The van der Waals surface area contributed by atoms with Crippen LogP contribution in [0.25, 0.3) is 0 Å². The Morgan fingerprint density at radius 3 is 2.71 bits per heavy atom. The SMILES string of the molecule is CSc1cccc(Sc2n[nH]c(C)n2)c1C#N. The maximum absolute atomic E-state index is 9.19. The Morgan fingerprint density at radius 2 is 2.12 bits per heavy atom. The summed E-state index contributed by atoms with van der Waals surface area (Å²) < 4.78 is 0. The fourth-order valence-electron chi connectivity index (χ4n) is 1.34. The van der Waals surface area contributed by atoms with Gasteiger partial charge in [-0.3, -0.25) is 5.10 Å². The van der Waals surface area contributed by atoms with Gasteiger partial charge in [0.25, 0.3) is 0 Å². The highest BCUT2D eigenvalue weighted by atomic mass is 32.2. The predicted molar refractivity (Wildman–Crippen MR) is 68.2 cm³/mol. The first-order chi connectivity index (χ1) is 8.24. The fourth-order valence-corrected chi connectivity index (χ4v) is 2.86. The molecule has 0 amide bonds. The molecule has 0 bridgehead atoms. The van der Waals surface area contributed by atoms with Crippen LogP contribution in [-0.4, -0.2) is 21.4 Å². The van der Waals surface area contributed by atoms with Gasteiger partial charge in [-0.05, 0) is 37.1 Å². The minimum absolute atomic E-state index is 0.636. The van der Waals surface area contributed by atoms with E-state index >= 15 is 0 Å². The first-order valence-corrected chi connectivity index (χ1v) is 6.92. The molecule has 86 valence electrons. The topological polar surface area (TPSA) is 65.4 Å². The van der Waals surface area contributed by atoms with Crippen LogP contribution in [-0.2, 0) is 0 Å². The minimum Gasteiger partial charge on any atom is -0.262 e. The summed E-state index contributed by atoms with van der Waals surface area (Å²) in [5.74, 6) is 0.770. The molecule has 0 spiro atoms. The number of thioether (sulfide) groups is 1. The molecule has 1 aromatic heterocycles.